The number of rotatable bonds is 6. The normalized spacial score (nSPS) is 12.0. The number of aliphatic hydroxyl groups is 1. The third-order valence-corrected chi connectivity index (χ3v) is 3.89. The van der Waals surface area contributed by atoms with Gasteiger partial charge in [-0.05, 0) is 36.2 Å². The molecule has 116 valence electrons. The zero-order chi connectivity index (χ0) is 16.1. The summed E-state index contributed by atoms with van der Waals surface area (Å²) in [5.74, 6) is 0.731. The van der Waals surface area contributed by atoms with Crippen LogP contribution in [0.3, 0.4) is 0 Å². The van der Waals surface area contributed by atoms with E-state index in [4.69, 9.17) is 10.00 Å². The summed E-state index contributed by atoms with van der Waals surface area (Å²) in [6.07, 6.45) is -0.602. The topological polar surface area (TPSA) is 70.2 Å². The molecule has 0 amide bonds. The van der Waals surface area contributed by atoms with Crippen molar-refractivity contribution in [3.63, 3.8) is 0 Å². The van der Waals surface area contributed by atoms with Gasteiger partial charge in [0.1, 0.15) is 17.5 Å². The maximum absolute atomic E-state index is 10.2. The van der Waals surface area contributed by atoms with Gasteiger partial charge in [-0.25, -0.2) is 0 Å². The van der Waals surface area contributed by atoms with E-state index in [0.717, 1.165) is 22.6 Å². The van der Waals surface area contributed by atoms with Crippen molar-refractivity contribution in [2.24, 2.45) is 7.05 Å². The first-order chi connectivity index (χ1) is 10.6. The average Bonchev–Trinajstić information content (AvgIpc) is 2.82. The van der Waals surface area contributed by atoms with E-state index in [2.05, 4.69) is 11.4 Å². The van der Waals surface area contributed by atoms with Crippen LogP contribution in [0.25, 0.3) is 0 Å². The van der Waals surface area contributed by atoms with Crippen LogP contribution in [0.2, 0.25) is 0 Å². The van der Waals surface area contributed by atoms with Gasteiger partial charge in [0.2, 0.25) is 0 Å². The summed E-state index contributed by atoms with van der Waals surface area (Å²) in [6.45, 7) is 3.03. The molecular weight excluding hydrogens is 278 g/mol. The Kier molecular flexibility index (Phi) is 5.21. The number of methoxy groups -OCH3 is 1. The zero-order valence-electron chi connectivity index (χ0n) is 13.1. The Balaban J connectivity index is 1.94. The Labute approximate surface area is 130 Å². The SMILES string of the molecule is COc1cccc(C(O)CNCc2cc(C#N)n(C)c2C)c1. The van der Waals surface area contributed by atoms with E-state index < -0.39 is 6.10 Å². The first kappa shape index (κ1) is 16.1. The molecule has 2 rings (SSSR count). The predicted octanol–water partition coefficient (Wildman–Crippen LogP) is 2.04. The fraction of sp³-hybridized carbons (Fsp3) is 0.353. The Morgan fingerprint density at radius 3 is 2.82 bits per heavy atom. The molecule has 22 heavy (non-hydrogen) atoms. The van der Waals surface area contributed by atoms with Crippen LogP contribution in [-0.4, -0.2) is 23.3 Å². The third kappa shape index (κ3) is 3.48. The summed E-state index contributed by atoms with van der Waals surface area (Å²) in [4.78, 5) is 0. The number of hydrogen-bond donors (Lipinski definition) is 2. The van der Waals surface area contributed by atoms with E-state index in [9.17, 15) is 5.11 Å². The summed E-state index contributed by atoms with van der Waals surface area (Å²) in [6, 6.07) is 11.4. The number of nitriles is 1. The quantitative estimate of drug-likeness (QED) is 0.856. The lowest BCUT2D eigenvalue weighted by Gasteiger charge is -2.13. The third-order valence-electron chi connectivity index (χ3n) is 3.89. The van der Waals surface area contributed by atoms with Crippen LogP contribution in [0, 0.1) is 18.3 Å². The van der Waals surface area contributed by atoms with E-state index in [1.54, 1.807) is 7.11 Å². The number of aliphatic hydroxyl groups excluding tert-OH is 1. The van der Waals surface area contributed by atoms with E-state index in [1.807, 2.05) is 48.9 Å². The molecule has 1 atom stereocenters. The van der Waals surface area contributed by atoms with Gasteiger partial charge >= 0.3 is 0 Å². The highest BCUT2D eigenvalue weighted by Gasteiger charge is 2.11. The number of hydrogen-bond acceptors (Lipinski definition) is 4. The number of ether oxygens (including phenoxy) is 1. The minimum atomic E-state index is -0.602. The van der Waals surface area contributed by atoms with Crippen molar-refractivity contribution in [3.05, 3.63) is 52.8 Å². The highest BCUT2D eigenvalue weighted by atomic mass is 16.5. The van der Waals surface area contributed by atoms with Crippen molar-refractivity contribution in [2.75, 3.05) is 13.7 Å². The van der Waals surface area contributed by atoms with Crippen LogP contribution in [-0.2, 0) is 13.6 Å². The lowest BCUT2D eigenvalue weighted by atomic mass is 10.1. The summed E-state index contributed by atoms with van der Waals surface area (Å²) >= 11 is 0. The molecule has 2 N–H and O–H groups in total. The highest BCUT2D eigenvalue weighted by molar-refractivity contribution is 5.34. The molecule has 1 aromatic heterocycles. The summed E-state index contributed by atoms with van der Waals surface area (Å²) in [5.41, 5.74) is 3.58. The molecule has 0 saturated carbocycles. The minimum Gasteiger partial charge on any atom is -0.497 e. The molecule has 0 bridgehead atoms. The molecule has 0 aliphatic heterocycles. The molecule has 0 aliphatic carbocycles. The second-order valence-electron chi connectivity index (χ2n) is 5.23. The zero-order valence-corrected chi connectivity index (χ0v) is 13.1. The van der Waals surface area contributed by atoms with E-state index in [0.29, 0.717) is 18.8 Å². The molecule has 1 heterocycles. The minimum absolute atomic E-state index is 0.434. The molecule has 0 aliphatic rings. The Bertz CT molecular complexity index is 686. The van der Waals surface area contributed by atoms with Crippen molar-refractivity contribution < 1.29 is 9.84 Å². The van der Waals surface area contributed by atoms with Gasteiger partial charge in [-0.1, -0.05) is 12.1 Å². The second-order valence-corrected chi connectivity index (χ2v) is 5.23. The maximum atomic E-state index is 10.2. The second kappa shape index (κ2) is 7.12. The van der Waals surface area contributed by atoms with Crippen LogP contribution in [0.15, 0.2) is 30.3 Å². The Morgan fingerprint density at radius 1 is 1.41 bits per heavy atom. The van der Waals surface area contributed by atoms with Gasteiger partial charge in [0, 0.05) is 25.8 Å². The van der Waals surface area contributed by atoms with Gasteiger partial charge in [0.15, 0.2) is 0 Å². The molecule has 0 saturated heterocycles. The largest absolute Gasteiger partial charge is 0.497 e. The maximum Gasteiger partial charge on any atom is 0.120 e. The summed E-state index contributed by atoms with van der Waals surface area (Å²) in [7, 11) is 3.48. The van der Waals surface area contributed by atoms with Crippen LogP contribution >= 0.6 is 0 Å². The van der Waals surface area contributed by atoms with Crippen molar-refractivity contribution in [1.29, 1.82) is 5.26 Å². The van der Waals surface area contributed by atoms with Crippen molar-refractivity contribution >= 4 is 0 Å². The fourth-order valence-electron chi connectivity index (χ4n) is 2.36. The lowest BCUT2D eigenvalue weighted by molar-refractivity contribution is 0.174. The van der Waals surface area contributed by atoms with Crippen molar-refractivity contribution in [3.8, 4) is 11.8 Å². The molecule has 2 aromatic rings. The first-order valence-corrected chi connectivity index (χ1v) is 7.14. The molecule has 5 nitrogen and oxygen atoms in total. The smallest absolute Gasteiger partial charge is 0.120 e. The van der Waals surface area contributed by atoms with Crippen LogP contribution < -0.4 is 10.1 Å². The molecule has 1 aromatic carbocycles. The number of benzene rings is 1. The van der Waals surface area contributed by atoms with Crippen molar-refractivity contribution in [2.45, 2.75) is 19.6 Å². The molecule has 5 heteroatoms. The molecule has 0 radical (unpaired) electrons. The van der Waals surface area contributed by atoms with E-state index in [1.165, 1.54) is 0 Å². The molecule has 0 fully saturated rings. The van der Waals surface area contributed by atoms with Crippen LogP contribution in [0.1, 0.15) is 28.6 Å². The number of aromatic nitrogens is 1. The Hall–Kier alpha value is -2.29. The molecule has 0 spiro atoms. The van der Waals surface area contributed by atoms with Crippen LogP contribution in [0.5, 0.6) is 5.75 Å². The Morgan fingerprint density at radius 2 is 2.18 bits per heavy atom. The van der Waals surface area contributed by atoms with E-state index >= 15 is 0 Å². The van der Waals surface area contributed by atoms with Gasteiger partial charge in [0.25, 0.3) is 0 Å². The fourth-order valence-corrected chi connectivity index (χ4v) is 2.36. The van der Waals surface area contributed by atoms with Crippen molar-refractivity contribution in [1.82, 2.24) is 9.88 Å². The number of nitrogens with one attached hydrogen (secondary N) is 1. The average molecular weight is 299 g/mol. The van der Waals surface area contributed by atoms with Gasteiger partial charge < -0.3 is 19.7 Å². The standard InChI is InChI=1S/C17H21N3O2/c1-12-14(7-15(9-18)20(12)2)10-19-11-17(21)13-5-4-6-16(8-13)22-3/h4-8,17,19,21H,10-11H2,1-3H3. The van der Waals surface area contributed by atoms with Crippen LogP contribution in [0.4, 0.5) is 0 Å². The monoisotopic (exact) mass is 299 g/mol. The molecule has 1 unspecified atom stereocenters. The predicted molar refractivity (Wildman–Crippen MR) is 84.5 cm³/mol. The number of nitrogens with zero attached hydrogens (tertiary/aromatic N) is 2. The summed E-state index contributed by atoms with van der Waals surface area (Å²) < 4.78 is 7.03. The first-order valence-electron chi connectivity index (χ1n) is 7.14. The van der Waals surface area contributed by atoms with Gasteiger partial charge in [-0.2, -0.15) is 5.26 Å². The lowest BCUT2D eigenvalue weighted by Crippen LogP contribution is -2.21. The van der Waals surface area contributed by atoms with E-state index in [-0.39, 0.29) is 0 Å². The summed E-state index contributed by atoms with van der Waals surface area (Å²) in [5, 5.41) is 22.5. The molecular formula is C17H21N3O2. The van der Waals surface area contributed by atoms with Gasteiger partial charge in [-0.15, -0.1) is 0 Å². The van der Waals surface area contributed by atoms with Gasteiger partial charge in [0.05, 0.1) is 13.2 Å². The van der Waals surface area contributed by atoms with Gasteiger partial charge in [-0.3, -0.25) is 0 Å². The highest BCUT2D eigenvalue weighted by Crippen LogP contribution is 2.19.